The lowest BCUT2D eigenvalue weighted by atomic mass is 10.1. The van der Waals surface area contributed by atoms with Crippen molar-refractivity contribution >= 4 is 11.7 Å². The molecule has 0 radical (unpaired) electrons. The lowest BCUT2D eigenvalue weighted by Crippen LogP contribution is -2.12. The number of ether oxygens (including phenoxy) is 2. The number of nitrogen functional groups attached to an aromatic ring is 1. The van der Waals surface area contributed by atoms with Gasteiger partial charge in [0.15, 0.2) is 0 Å². The molecular weight excluding hydrogens is 241 g/mol. The number of rotatable bonds is 7. The van der Waals surface area contributed by atoms with Gasteiger partial charge in [-0.2, -0.15) is 0 Å². The molecule has 18 heavy (non-hydrogen) atoms. The molecule has 0 unspecified atom stereocenters. The van der Waals surface area contributed by atoms with Crippen LogP contribution in [0.1, 0.15) is 23.7 Å². The van der Waals surface area contributed by atoms with Gasteiger partial charge in [-0.25, -0.2) is 9.18 Å². The summed E-state index contributed by atoms with van der Waals surface area (Å²) in [6.07, 6.45) is 0.893. The first kappa shape index (κ1) is 14.2. The van der Waals surface area contributed by atoms with Crippen LogP contribution in [-0.4, -0.2) is 30.9 Å². The molecular formula is C12H16FNO4. The van der Waals surface area contributed by atoms with Gasteiger partial charge in [0.2, 0.25) is 0 Å². The highest BCUT2D eigenvalue weighted by molar-refractivity contribution is 5.96. The molecule has 0 bridgehead atoms. The first-order chi connectivity index (χ1) is 8.57. The second kappa shape index (κ2) is 6.80. The number of benzene rings is 1. The van der Waals surface area contributed by atoms with Crippen molar-refractivity contribution in [3.8, 4) is 5.75 Å². The summed E-state index contributed by atoms with van der Waals surface area (Å²) in [6.45, 7) is 3.11. The highest BCUT2D eigenvalue weighted by Crippen LogP contribution is 2.27. The Morgan fingerprint density at radius 2 is 2.11 bits per heavy atom. The molecule has 0 aliphatic rings. The summed E-state index contributed by atoms with van der Waals surface area (Å²) in [7, 11) is 0. The summed E-state index contributed by atoms with van der Waals surface area (Å²) in [5.41, 5.74) is 4.59. The van der Waals surface area contributed by atoms with Crippen molar-refractivity contribution in [2.75, 3.05) is 25.6 Å². The molecule has 0 atom stereocenters. The van der Waals surface area contributed by atoms with E-state index in [-0.39, 0.29) is 17.9 Å². The van der Waals surface area contributed by atoms with E-state index in [0.717, 1.165) is 12.5 Å². The fourth-order valence-corrected chi connectivity index (χ4v) is 1.37. The van der Waals surface area contributed by atoms with Gasteiger partial charge in [0.25, 0.3) is 0 Å². The van der Waals surface area contributed by atoms with Crippen molar-refractivity contribution in [1.82, 2.24) is 0 Å². The van der Waals surface area contributed by atoms with Gasteiger partial charge in [-0.1, -0.05) is 6.92 Å². The normalized spacial score (nSPS) is 10.3. The van der Waals surface area contributed by atoms with E-state index >= 15 is 0 Å². The maximum Gasteiger partial charge on any atom is 0.341 e. The zero-order valence-corrected chi connectivity index (χ0v) is 10.1. The Bertz CT molecular complexity index is 423. The van der Waals surface area contributed by atoms with Gasteiger partial charge in [-0.05, 0) is 18.6 Å². The smallest absolute Gasteiger partial charge is 0.341 e. The molecule has 0 amide bonds. The average Bonchev–Trinajstić information content (AvgIpc) is 2.33. The number of carbonyl (C=O) groups is 1. The second-order valence-corrected chi connectivity index (χ2v) is 3.60. The van der Waals surface area contributed by atoms with Crippen molar-refractivity contribution in [2.45, 2.75) is 13.3 Å². The van der Waals surface area contributed by atoms with Gasteiger partial charge in [0, 0.05) is 6.61 Å². The molecule has 1 rings (SSSR count). The summed E-state index contributed by atoms with van der Waals surface area (Å²) in [5.74, 6) is -2.06. The molecule has 3 N–H and O–H groups in total. The predicted molar refractivity (Wildman–Crippen MR) is 64.4 cm³/mol. The first-order valence-electron chi connectivity index (χ1n) is 5.59. The van der Waals surface area contributed by atoms with E-state index in [2.05, 4.69) is 0 Å². The summed E-state index contributed by atoms with van der Waals surface area (Å²) in [5, 5.41) is 8.95. The minimum atomic E-state index is -1.32. The Hall–Kier alpha value is -1.82. The minimum absolute atomic E-state index is 0.0431. The van der Waals surface area contributed by atoms with Crippen LogP contribution >= 0.6 is 0 Å². The molecule has 1 aromatic rings. The maximum atomic E-state index is 13.1. The highest BCUT2D eigenvalue weighted by atomic mass is 19.1. The number of hydrogen-bond acceptors (Lipinski definition) is 4. The molecule has 0 spiro atoms. The van der Waals surface area contributed by atoms with Crippen molar-refractivity contribution in [2.24, 2.45) is 0 Å². The molecule has 0 saturated heterocycles. The van der Waals surface area contributed by atoms with Crippen molar-refractivity contribution in [1.29, 1.82) is 0 Å². The molecule has 0 aliphatic carbocycles. The van der Waals surface area contributed by atoms with Crippen LogP contribution in [0.25, 0.3) is 0 Å². The lowest BCUT2D eigenvalue weighted by Gasteiger charge is -2.11. The molecule has 0 fully saturated rings. The monoisotopic (exact) mass is 257 g/mol. The maximum absolute atomic E-state index is 13.1. The Morgan fingerprint density at radius 3 is 2.72 bits per heavy atom. The molecule has 6 heteroatoms. The number of carboxylic acids is 1. The van der Waals surface area contributed by atoms with Crippen LogP contribution in [0, 0.1) is 5.82 Å². The molecule has 0 aliphatic heterocycles. The highest BCUT2D eigenvalue weighted by Gasteiger charge is 2.18. The van der Waals surface area contributed by atoms with Gasteiger partial charge in [-0.15, -0.1) is 0 Å². The van der Waals surface area contributed by atoms with E-state index in [1.165, 1.54) is 6.07 Å². The van der Waals surface area contributed by atoms with Crippen LogP contribution in [-0.2, 0) is 4.74 Å². The zero-order valence-electron chi connectivity index (χ0n) is 10.1. The lowest BCUT2D eigenvalue weighted by molar-refractivity contribution is 0.0686. The molecule has 100 valence electrons. The van der Waals surface area contributed by atoms with Gasteiger partial charge in [-0.3, -0.25) is 0 Å². The molecule has 0 saturated carbocycles. The number of hydrogen-bond donors (Lipinski definition) is 2. The van der Waals surface area contributed by atoms with E-state index in [9.17, 15) is 9.18 Å². The fraction of sp³-hybridized carbons (Fsp3) is 0.417. The summed E-state index contributed by atoms with van der Waals surface area (Å²) >= 11 is 0. The SMILES string of the molecule is CCCOCCOc1ccc(F)c(N)c1C(=O)O. The predicted octanol–water partition coefficient (Wildman–Crippen LogP) is 1.91. The minimum Gasteiger partial charge on any atom is -0.490 e. The fourth-order valence-electron chi connectivity index (χ4n) is 1.37. The van der Waals surface area contributed by atoms with Crippen LogP contribution in [0.5, 0.6) is 5.75 Å². The third kappa shape index (κ3) is 3.59. The molecule has 1 aromatic carbocycles. The van der Waals surface area contributed by atoms with Gasteiger partial charge in [0.05, 0.1) is 12.3 Å². The molecule has 0 heterocycles. The largest absolute Gasteiger partial charge is 0.490 e. The number of anilines is 1. The van der Waals surface area contributed by atoms with Crippen molar-refractivity contribution in [3.05, 3.63) is 23.5 Å². The van der Waals surface area contributed by atoms with E-state index in [0.29, 0.717) is 13.2 Å². The summed E-state index contributed by atoms with van der Waals surface area (Å²) in [4.78, 5) is 11.0. The van der Waals surface area contributed by atoms with Gasteiger partial charge < -0.3 is 20.3 Å². The number of aromatic carboxylic acids is 1. The molecule has 0 aromatic heterocycles. The molecule has 5 nitrogen and oxygen atoms in total. The Kier molecular flexibility index (Phi) is 5.38. The van der Waals surface area contributed by atoms with E-state index < -0.39 is 17.5 Å². The van der Waals surface area contributed by atoms with Crippen LogP contribution in [0.15, 0.2) is 12.1 Å². The van der Waals surface area contributed by atoms with Crippen LogP contribution in [0.4, 0.5) is 10.1 Å². The van der Waals surface area contributed by atoms with Gasteiger partial charge >= 0.3 is 5.97 Å². The van der Waals surface area contributed by atoms with Crippen LogP contribution in [0.3, 0.4) is 0 Å². The van der Waals surface area contributed by atoms with Gasteiger partial charge in [0.1, 0.15) is 23.7 Å². The summed E-state index contributed by atoms with van der Waals surface area (Å²) in [6, 6.07) is 2.32. The van der Waals surface area contributed by atoms with E-state index in [1.54, 1.807) is 0 Å². The summed E-state index contributed by atoms with van der Waals surface area (Å²) < 4.78 is 23.5. The zero-order chi connectivity index (χ0) is 13.5. The topological polar surface area (TPSA) is 81.8 Å². The Balaban J connectivity index is 2.70. The number of nitrogens with two attached hydrogens (primary N) is 1. The Morgan fingerprint density at radius 1 is 1.39 bits per heavy atom. The van der Waals surface area contributed by atoms with Crippen LogP contribution in [0.2, 0.25) is 0 Å². The quantitative estimate of drug-likeness (QED) is 0.576. The first-order valence-corrected chi connectivity index (χ1v) is 5.59. The number of carboxylic acid groups (broad SMARTS) is 1. The number of halogens is 1. The van der Waals surface area contributed by atoms with Crippen LogP contribution < -0.4 is 10.5 Å². The third-order valence-electron chi connectivity index (χ3n) is 2.20. The van der Waals surface area contributed by atoms with Crippen molar-refractivity contribution in [3.63, 3.8) is 0 Å². The third-order valence-corrected chi connectivity index (χ3v) is 2.20. The average molecular weight is 257 g/mol. The van der Waals surface area contributed by atoms with E-state index in [1.807, 2.05) is 6.92 Å². The Labute approximate surface area is 104 Å². The van der Waals surface area contributed by atoms with E-state index in [4.69, 9.17) is 20.3 Å². The second-order valence-electron chi connectivity index (χ2n) is 3.60. The van der Waals surface area contributed by atoms with Crippen molar-refractivity contribution < 1.29 is 23.8 Å². The standard InChI is InChI=1S/C12H16FNO4/c1-2-5-17-6-7-18-9-4-3-8(13)11(14)10(9)12(15)16/h3-4H,2,5-7,14H2,1H3,(H,15,16).